The van der Waals surface area contributed by atoms with Crippen LogP contribution in [-0.4, -0.2) is 5.78 Å². The second kappa shape index (κ2) is 3.62. The van der Waals surface area contributed by atoms with Crippen LogP contribution in [0.2, 0.25) is 0 Å². The van der Waals surface area contributed by atoms with E-state index in [0.29, 0.717) is 12.2 Å². The van der Waals surface area contributed by atoms with Crippen molar-refractivity contribution < 1.29 is 4.79 Å². The van der Waals surface area contributed by atoms with Crippen LogP contribution in [0.25, 0.3) is 0 Å². The van der Waals surface area contributed by atoms with Crippen LogP contribution in [-0.2, 0) is 4.79 Å². The van der Waals surface area contributed by atoms with Gasteiger partial charge >= 0.3 is 0 Å². The molecule has 4 saturated carbocycles. The number of carbonyl (C=O) groups is 1. The van der Waals surface area contributed by atoms with Gasteiger partial charge in [-0.05, 0) is 63.2 Å². The normalized spacial score (nSPS) is 43.9. The monoisotopic (exact) mass is 216 g/mol. The largest absolute Gasteiger partial charge is 0.298 e. The van der Waals surface area contributed by atoms with Crippen molar-refractivity contribution >= 4 is 5.78 Å². The maximum atomic E-state index is 12.4. The first-order chi connectivity index (χ1) is 7.72. The van der Waals surface area contributed by atoms with E-state index in [0.717, 1.165) is 17.8 Å². The number of Topliss-reactive ketones (excluding diaryl/α,β-unsaturated/α-hetero) is 1. The molecule has 1 nitrogen and oxygen atoms in total. The van der Waals surface area contributed by atoms with Crippen LogP contribution in [0.1, 0.15) is 51.9 Å². The van der Waals surface area contributed by atoms with Gasteiger partial charge in [-0.1, -0.05) is 5.92 Å². The molecule has 0 aromatic heterocycles. The topological polar surface area (TPSA) is 17.1 Å². The van der Waals surface area contributed by atoms with E-state index in [9.17, 15) is 4.79 Å². The Morgan fingerprint density at radius 3 is 2.06 bits per heavy atom. The van der Waals surface area contributed by atoms with Crippen molar-refractivity contribution in [2.75, 3.05) is 0 Å². The Labute approximate surface area is 98.0 Å². The molecule has 4 bridgehead atoms. The van der Waals surface area contributed by atoms with Crippen molar-refractivity contribution in [1.82, 2.24) is 0 Å². The Morgan fingerprint density at radius 2 is 1.62 bits per heavy atom. The molecule has 4 fully saturated rings. The average molecular weight is 216 g/mol. The third kappa shape index (κ3) is 1.51. The molecule has 0 radical (unpaired) electrons. The zero-order valence-corrected chi connectivity index (χ0v) is 10.1. The van der Waals surface area contributed by atoms with E-state index in [1.807, 2.05) is 6.92 Å². The van der Waals surface area contributed by atoms with E-state index >= 15 is 0 Å². The van der Waals surface area contributed by atoms with Crippen LogP contribution in [0.4, 0.5) is 0 Å². The van der Waals surface area contributed by atoms with E-state index in [1.54, 1.807) is 0 Å². The Hall–Kier alpha value is -0.770. The van der Waals surface area contributed by atoms with Crippen molar-refractivity contribution in [3.63, 3.8) is 0 Å². The summed E-state index contributed by atoms with van der Waals surface area (Å²) < 4.78 is 0. The van der Waals surface area contributed by atoms with Gasteiger partial charge in [0.2, 0.25) is 0 Å². The number of carbonyl (C=O) groups excluding carboxylic acids is 1. The fraction of sp³-hybridized carbons (Fsp3) is 0.800. The zero-order chi connectivity index (χ0) is 11.2. The van der Waals surface area contributed by atoms with Gasteiger partial charge in [0.15, 0.2) is 5.78 Å². The minimum atomic E-state index is 0.0681. The smallest absolute Gasteiger partial charge is 0.150 e. The van der Waals surface area contributed by atoms with Gasteiger partial charge in [-0.3, -0.25) is 4.79 Å². The van der Waals surface area contributed by atoms with Gasteiger partial charge in [0.1, 0.15) is 0 Å². The number of ketones is 1. The van der Waals surface area contributed by atoms with E-state index in [-0.39, 0.29) is 5.41 Å². The summed E-state index contributed by atoms with van der Waals surface area (Å²) in [4.78, 5) is 12.4. The van der Waals surface area contributed by atoms with Gasteiger partial charge in [0.25, 0.3) is 0 Å². The first-order valence-electron chi connectivity index (χ1n) is 6.65. The van der Waals surface area contributed by atoms with Gasteiger partial charge in [-0.15, -0.1) is 5.92 Å². The minimum Gasteiger partial charge on any atom is -0.298 e. The van der Waals surface area contributed by atoms with E-state index in [4.69, 9.17) is 0 Å². The van der Waals surface area contributed by atoms with Crippen molar-refractivity contribution in [2.24, 2.45) is 23.2 Å². The van der Waals surface area contributed by atoms with E-state index < -0.39 is 0 Å². The predicted molar refractivity (Wildman–Crippen MR) is 63.7 cm³/mol. The van der Waals surface area contributed by atoms with Gasteiger partial charge < -0.3 is 0 Å². The number of hydrogen-bond donors (Lipinski definition) is 0. The first kappa shape index (κ1) is 10.4. The lowest BCUT2D eigenvalue weighted by molar-refractivity contribution is -0.142. The highest BCUT2D eigenvalue weighted by molar-refractivity contribution is 5.87. The molecule has 0 saturated heterocycles. The molecule has 1 heteroatoms. The summed E-state index contributed by atoms with van der Waals surface area (Å²) in [7, 11) is 0. The molecule has 0 aliphatic heterocycles. The van der Waals surface area contributed by atoms with Crippen LogP contribution >= 0.6 is 0 Å². The number of rotatable bonds is 2. The molecule has 0 atom stereocenters. The fourth-order valence-electron chi connectivity index (χ4n) is 4.81. The molecule has 0 heterocycles. The summed E-state index contributed by atoms with van der Waals surface area (Å²) in [6.07, 6.45) is 8.28. The van der Waals surface area contributed by atoms with Crippen LogP contribution < -0.4 is 0 Å². The third-order valence-corrected chi connectivity index (χ3v) is 5.06. The third-order valence-electron chi connectivity index (χ3n) is 5.06. The van der Waals surface area contributed by atoms with Crippen LogP contribution in [0.3, 0.4) is 0 Å². The Balaban J connectivity index is 1.82. The van der Waals surface area contributed by atoms with Crippen molar-refractivity contribution in [2.45, 2.75) is 51.9 Å². The molecule has 4 rings (SSSR count). The van der Waals surface area contributed by atoms with E-state index in [2.05, 4.69) is 11.8 Å². The van der Waals surface area contributed by atoms with E-state index in [1.165, 1.54) is 38.5 Å². The van der Waals surface area contributed by atoms with Gasteiger partial charge in [0, 0.05) is 5.41 Å². The first-order valence-corrected chi connectivity index (χ1v) is 6.65. The van der Waals surface area contributed by atoms with Gasteiger partial charge in [0.05, 0.1) is 6.42 Å². The SMILES string of the molecule is CC#CCC(=O)C12CC3CC(CC(C3)C1)C2. The van der Waals surface area contributed by atoms with Crippen molar-refractivity contribution in [1.29, 1.82) is 0 Å². The summed E-state index contributed by atoms with van der Waals surface area (Å²) in [5.41, 5.74) is 0.0681. The Morgan fingerprint density at radius 1 is 1.12 bits per heavy atom. The van der Waals surface area contributed by atoms with Gasteiger partial charge in [-0.2, -0.15) is 0 Å². The lowest BCUT2D eigenvalue weighted by Crippen LogP contribution is -2.49. The molecule has 86 valence electrons. The average Bonchev–Trinajstić information content (AvgIpc) is 2.24. The predicted octanol–water partition coefficient (Wildman–Crippen LogP) is 3.19. The zero-order valence-electron chi connectivity index (χ0n) is 10.1. The molecule has 0 spiro atoms. The second-order valence-corrected chi connectivity index (χ2v) is 6.22. The highest BCUT2D eigenvalue weighted by Crippen LogP contribution is 2.60. The second-order valence-electron chi connectivity index (χ2n) is 6.22. The fourth-order valence-corrected chi connectivity index (χ4v) is 4.81. The molecule has 4 aliphatic carbocycles. The molecule has 0 aromatic carbocycles. The quantitative estimate of drug-likeness (QED) is 0.648. The standard InChI is InChI=1S/C15H20O/c1-2-3-4-14(16)15-8-11-5-12(9-15)7-13(6-11)10-15/h11-13H,4-10H2,1H3. The minimum absolute atomic E-state index is 0.0681. The van der Waals surface area contributed by atoms with Crippen molar-refractivity contribution in [3.8, 4) is 11.8 Å². The molecule has 0 amide bonds. The Bertz CT molecular complexity index is 333. The molecule has 4 aliphatic rings. The highest BCUT2D eigenvalue weighted by Gasteiger charge is 2.53. The molecule has 0 N–H and O–H groups in total. The maximum Gasteiger partial charge on any atom is 0.150 e. The summed E-state index contributed by atoms with van der Waals surface area (Å²) in [6.45, 7) is 1.83. The molecule has 0 unspecified atom stereocenters. The summed E-state index contributed by atoms with van der Waals surface area (Å²) in [6, 6.07) is 0. The molecular weight excluding hydrogens is 196 g/mol. The Kier molecular flexibility index (Phi) is 2.35. The highest BCUT2D eigenvalue weighted by atomic mass is 16.1. The number of hydrogen-bond acceptors (Lipinski definition) is 1. The molecule has 0 aromatic rings. The van der Waals surface area contributed by atoms with Crippen molar-refractivity contribution in [3.05, 3.63) is 0 Å². The summed E-state index contributed by atoms with van der Waals surface area (Å²) in [5, 5.41) is 0. The van der Waals surface area contributed by atoms with Crippen LogP contribution in [0, 0.1) is 35.0 Å². The maximum absolute atomic E-state index is 12.4. The summed E-state index contributed by atoms with van der Waals surface area (Å²) in [5.74, 6) is 8.89. The van der Waals surface area contributed by atoms with Crippen LogP contribution in [0.5, 0.6) is 0 Å². The molecular formula is C15H20O. The lowest BCUT2D eigenvalue weighted by Gasteiger charge is -2.55. The molecule has 16 heavy (non-hydrogen) atoms. The summed E-state index contributed by atoms with van der Waals surface area (Å²) >= 11 is 0. The van der Waals surface area contributed by atoms with Crippen LogP contribution in [0.15, 0.2) is 0 Å². The lowest BCUT2D eigenvalue weighted by atomic mass is 9.48. The van der Waals surface area contributed by atoms with Gasteiger partial charge in [-0.25, -0.2) is 0 Å².